The second-order valence-electron chi connectivity index (χ2n) is 15.1. The highest BCUT2D eigenvalue weighted by Crippen LogP contribution is 2.22. The maximum atomic E-state index is 13.4. The summed E-state index contributed by atoms with van der Waals surface area (Å²) in [5, 5.41) is 8.23. The van der Waals surface area contributed by atoms with Crippen molar-refractivity contribution in [3.05, 3.63) is 29.8 Å². The number of hydrogen-bond donors (Lipinski definition) is 4. The van der Waals surface area contributed by atoms with Crippen LogP contribution in [0, 0.1) is 22.7 Å². The van der Waals surface area contributed by atoms with E-state index >= 15 is 0 Å². The lowest BCUT2D eigenvalue weighted by Crippen LogP contribution is -2.45. The van der Waals surface area contributed by atoms with Crippen LogP contribution in [0.15, 0.2) is 24.3 Å². The number of urea groups is 1. The minimum atomic E-state index is -0.733. The minimum absolute atomic E-state index is 0.0225. The molecule has 0 aliphatic rings. The van der Waals surface area contributed by atoms with Gasteiger partial charge in [-0.2, -0.15) is 0 Å². The smallest absolute Gasteiger partial charge is 0.409 e. The molecule has 5 amide bonds. The Balaban J connectivity index is 2.82. The summed E-state index contributed by atoms with van der Waals surface area (Å²) >= 11 is 0. The number of hydrogen-bond acceptors (Lipinski definition) is 7. The molecule has 1 aromatic carbocycles. The molecular weight excluding hydrogens is 614 g/mol. The van der Waals surface area contributed by atoms with Gasteiger partial charge in [0.25, 0.3) is 0 Å². The molecule has 48 heavy (non-hydrogen) atoms. The zero-order valence-electron chi connectivity index (χ0n) is 30.5. The SMILES string of the molecule is CC(C)[C@H](NC(=O)CCC(C)(C)C)C(=O)C[C@@H](CCCNC(N)=O)C(=O)Nc1ccc(COC(=O)N(C)CCCC(=O)C(C)(C)C)cc1. The monoisotopic (exact) mass is 673 g/mol. The fraction of sp³-hybridized carbons (Fsp3) is 0.667. The molecule has 0 aliphatic heterocycles. The van der Waals surface area contributed by atoms with Gasteiger partial charge >= 0.3 is 12.1 Å². The van der Waals surface area contributed by atoms with Crippen molar-refractivity contribution in [2.45, 2.75) is 113 Å². The largest absolute Gasteiger partial charge is 0.445 e. The molecule has 1 rings (SSSR count). The highest BCUT2D eigenvalue weighted by atomic mass is 16.6. The standard InChI is InChI=1S/C36H59N5O7/c1-24(2)31(40-30(44)18-19-35(3,4)5)28(42)22-26(12-10-20-38-33(37)46)32(45)39-27-16-14-25(15-17-27)23-48-34(47)41(9)21-11-13-29(43)36(6,7)8/h14-17,24,26,31H,10-13,18-23H2,1-9H3,(H,39,45)(H,40,44)(H3,37,38,46)/t26-,31+/m1/s1. The van der Waals surface area contributed by atoms with Crippen molar-refractivity contribution in [1.29, 1.82) is 0 Å². The number of primary amides is 1. The molecule has 270 valence electrons. The molecule has 0 aliphatic carbocycles. The van der Waals surface area contributed by atoms with Gasteiger partial charge in [0, 0.05) is 56.4 Å². The van der Waals surface area contributed by atoms with Crippen LogP contribution in [0.25, 0.3) is 0 Å². The van der Waals surface area contributed by atoms with E-state index in [2.05, 4.69) is 16.0 Å². The number of nitrogens with two attached hydrogens (primary N) is 1. The van der Waals surface area contributed by atoms with E-state index in [0.717, 1.165) is 0 Å². The van der Waals surface area contributed by atoms with Crippen molar-refractivity contribution in [2.75, 3.05) is 25.5 Å². The van der Waals surface area contributed by atoms with Crippen LogP contribution < -0.4 is 21.7 Å². The molecule has 0 spiro atoms. The Morgan fingerprint density at radius 1 is 0.917 bits per heavy atom. The Labute approximate surface area is 286 Å². The normalized spacial score (nSPS) is 12.9. The van der Waals surface area contributed by atoms with Gasteiger partial charge in [0.15, 0.2) is 5.78 Å². The molecule has 0 saturated carbocycles. The van der Waals surface area contributed by atoms with Crippen molar-refractivity contribution in [3.8, 4) is 0 Å². The van der Waals surface area contributed by atoms with Crippen LogP contribution in [0.5, 0.6) is 0 Å². The second-order valence-corrected chi connectivity index (χ2v) is 15.1. The number of benzene rings is 1. The Morgan fingerprint density at radius 3 is 2.08 bits per heavy atom. The van der Waals surface area contributed by atoms with E-state index in [0.29, 0.717) is 56.3 Å². The van der Waals surface area contributed by atoms with Crippen molar-refractivity contribution in [3.63, 3.8) is 0 Å². The molecule has 0 saturated heterocycles. The number of carbonyl (C=O) groups is 6. The average molecular weight is 674 g/mol. The predicted octanol–water partition coefficient (Wildman–Crippen LogP) is 5.58. The molecule has 0 unspecified atom stereocenters. The van der Waals surface area contributed by atoms with E-state index in [1.807, 2.05) is 55.4 Å². The fourth-order valence-corrected chi connectivity index (χ4v) is 4.74. The van der Waals surface area contributed by atoms with Crippen LogP contribution in [-0.2, 0) is 30.5 Å². The number of nitrogens with one attached hydrogen (secondary N) is 3. The molecule has 0 bridgehead atoms. The molecule has 1 aromatic rings. The first-order chi connectivity index (χ1) is 22.2. The first-order valence-electron chi connectivity index (χ1n) is 16.9. The Morgan fingerprint density at radius 2 is 1.54 bits per heavy atom. The lowest BCUT2D eigenvalue weighted by Gasteiger charge is -2.25. The lowest BCUT2D eigenvalue weighted by molar-refractivity contribution is -0.131. The number of rotatable bonds is 19. The molecule has 2 atom stereocenters. The van der Waals surface area contributed by atoms with Gasteiger partial charge < -0.3 is 31.3 Å². The topological polar surface area (TPSA) is 177 Å². The van der Waals surface area contributed by atoms with Crippen LogP contribution in [0.4, 0.5) is 15.3 Å². The second kappa shape index (κ2) is 19.8. The number of carbonyl (C=O) groups excluding carboxylic acids is 6. The zero-order valence-corrected chi connectivity index (χ0v) is 30.5. The number of amides is 5. The number of nitrogens with zero attached hydrogens (tertiary/aromatic N) is 1. The predicted molar refractivity (Wildman–Crippen MR) is 187 cm³/mol. The Hall–Kier alpha value is -3.96. The zero-order chi connectivity index (χ0) is 36.7. The van der Waals surface area contributed by atoms with Gasteiger partial charge in [-0.1, -0.05) is 67.5 Å². The van der Waals surface area contributed by atoms with Crippen LogP contribution in [0.2, 0.25) is 0 Å². The molecule has 0 fully saturated rings. The van der Waals surface area contributed by atoms with Crippen molar-refractivity contribution >= 4 is 41.2 Å². The van der Waals surface area contributed by atoms with E-state index < -0.39 is 29.5 Å². The van der Waals surface area contributed by atoms with Gasteiger partial charge in [-0.15, -0.1) is 0 Å². The summed E-state index contributed by atoms with van der Waals surface area (Å²) in [5.74, 6) is -1.54. The first kappa shape index (κ1) is 42.1. The maximum absolute atomic E-state index is 13.4. The third-order valence-electron chi connectivity index (χ3n) is 7.91. The van der Waals surface area contributed by atoms with E-state index in [1.165, 1.54) is 4.90 Å². The van der Waals surface area contributed by atoms with E-state index in [9.17, 15) is 28.8 Å². The fourth-order valence-electron chi connectivity index (χ4n) is 4.74. The minimum Gasteiger partial charge on any atom is -0.445 e. The molecular formula is C36H59N5O7. The van der Waals surface area contributed by atoms with Gasteiger partial charge in [-0.3, -0.25) is 19.2 Å². The highest BCUT2D eigenvalue weighted by Gasteiger charge is 2.30. The Kier molecular flexibility index (Phi) is 17.3. The quantitative estimate of drug-likeness (QED) is 0.139. The van der Waals surface area contributed by atoms with Crippen molar-refractivity contribution in [1.82, 2.24) is 15.5 Å². The summed E-state index contributed by atoms with van der Waals surface area (Å²) in [4.78, 5) is 76.6. The molecule has 0 aromatic heterocycles. The van der Waals surface area contributed by atoms with Crippen molar-refractivity contribution in [2.24, 2.45) is 28.4 Å². The lowest BCUT2D eigenvalue weighted by atomic mass is 9.88. The molecule has 5 N–H and O–H groups in total. The summed E-state index contributed by atoms with van der Waals surface area (Å²) in [5.41, 5.74) is 5.95. The molecule has 0 heterocycles. The molecule has 12 heteroatoms. The average Bonchev–Trinajstić information content (AvgIpc) is 2.98. The number of ether oxygens (including phenoxy) is 1. The first-order valence-corrected chi connectivity index (χ1v) is 16.9. The summed E-state index contributed by atoms with van der Waals surface area (Å²) in [6, 6.07) is 5.41. The van der Waals surface area contributed by atoms with Gasteiger partial charge in [0.2, 0.25) is 11.8 Å². The summed E-state index contributed by atoms with van der Waals surface area (Å²) < 4.78 is 5.40. The molecule has 12 nitrogen and oxygen atoms in total. The highest BCUT2D eigenvalue weighted by molar-refractivity contribution is 5.97. The van der Waals surface area contributed by atoms with E-state index in [1.54, 1.807) is 31.3 Å². The maximum Gasteiger partial charge on any atom is 0.409 e. The molecule has 0 radical (unpaired) electrons. The van der Waals surface area contributed by atoms with Crippen LogP contribution >= 0.6 is 0 Å². The van der Waals surface area contributed by atoms with E-state index in [4.69, 9.17) is 10.5 Å². The van der Waals surface area contributed by atoms with Crippen molar-refractivity contribution < 1.29 is 33.5 Å². The van der Waals surface area contributed by atoms with Crippen LogP contribution in [-0.4, -0.2) is 66.6 Å². The summed E-state index contributed by atoms with van der Waals surface area (Å²) in [7, 11) is 1.62. The number of Topliss-reactive ketones (excluding diaryl/α,β-unsaturated/α-hetero) is 2. The van der Waals surface area contributed by atoms with E-state index in [-0.39, 0.29) is 54.3 Å². The van der Waals surface area contributed by atoms with Crippen LogP contribution in [0.3, 0.4) is 0 Å². The third-order valence-corrected chi connectivity index (χ3v) is 7.91. The van der Waals surface area contributed by atoms with Gasteiger partial charge in [-0.25, -0.2) is 9.59 Å². The van der Waals surface area contributed by atoms with Gasteiger partial charge in [0.1, 0.15) is 12.4 Å². The number of anilines is 1. The Bertz CT molecular complexity index is 1230. The third kappa shape index (κ3) is 17.3. The summed E-state index contributed by atoms with van der Waals surface area (Å²) in [6.45, 7) is 16.1. The van der Waals surface area contributed by atoms with Gasteiger partial charge in [0.05, 0.1) is 6.04 Å². The summed E-state index contributed by atoms with van der Waals surface area (Å²) in [6.07, 6.45) is 2.06. The van der Waals surface area contributed by atoms with Crippen LogP contribution in [0.1, 0.15) is 106 Å². The van der Waals surface area contributed by atoms with Gasteiger partial charge in [-0.05, 0) is 54.7 Å². The number of ketones is 2.